The van der Waals surface area contributed by atoms with Crippen molar-refractivity contribution < 1.29 is 27.4 Å². The monoisotopic (exact) mass is 422 g/mol. The Morgan fingerprint density at radius 3 is 2.47 bits per heavy atom. The maximum atomic E-state index is 12.9. The lowest BCUT2D eigenvalue weighted by molar-refractivity contribution is -0.274. The van der Waals surface area contributed by atoms with Crippen LogP contribution in [0, 0.1) is 0 Å². The highest BCUT2D eigenvalue weighted by molar-refractivity contribution is 5.97. The summed E-state index contributed by atoms with van der Waals surface area (Å²) in [6, 6.07) is 4.78. The molecule has 158 valence electrons. The van der Waals surface area contributed by atoms with Crippen molar-refractivity contribution in [2.45, 2.75) is 13.8 Å². The first kappa shape index (κ1) is 21.0. The van der Waals surface area contributed by atoms with Crippen molar-refractivity contribution in [3.8, 4) is 28.3 Å². The Kier molecular flexibility index (Phi) is 5.29. The van der Waals surface area contributed by atoms with Gasteiger partial charge in [-0.2, -0.15) is 5.10 Å². The molecule has 0 unspecified atom stereocenters. The van der Waals surface area contributed by atoms with Crippen LogP contribution in [0.5, 0.6) is 11.5 Å². The number of aromatic nitrogens is 3. The Labute approximate surface area is 168 Å². The van der Waals surface area contributed by atoms with Crippen molar-refractivity contribution in [3.63, 3.8) is 0 Å². The maximum absolute atomic E-state index is 12.9. The summed E-state index contributed by atoms with van der Waals surface area (Å²) < 4.78 is 49.1. The average molecular weight is 422 g/mol. The van der Waals surface area contributed by atoms with Crippen molar-refractivity contribution >= 4 is 11.6 Å². The number of anilines is 1. The van der Waals surface area contributed by atoms with E-state index in [1.807, 2.05) is 0 Å². The van der Waals surface area contributed by atoms with Crippen molar-refractivity contribution in [2.75, 3.05) is 11.9 Å². The first-order chi connectivity index (χ1) is 13.7. The van der Waals surface area contributed by atoms with E-state index in [-0.39, 0.29) is 31.2 Å². The number of pyridine rings is 1. The molecule has 8 nitrogen and oxygen atoms in total. The molecule has 1 aromatic carbocycles. The summed E-state index contributed by atoms with van der Waals surface area (Å²) in [5.41, 5.74) is 0.745. The van der Waals surface area contributed by atoms with Crippen molar-refractivity contribution in [3.05, 3.63) is 53.2 Å². The van der Waals surface area contributed by atoms with Crippen molar-refractivity contribution in [2.24, 2.45) is 7.05 Å². The van der Waals surface area contributed by atoms with Crippen LogP contribution in [0.25, 0.3) is 16.8 Å². The first-order valence-electron chi connectivity index (χ1n) is 8.29. The lowest BCUT2D eigenvalue weighted by Gasteiger charge is -2.22. The Morgan fingerprint density at radius 1 is 1.17 bits per heavy atom. The molecule has 0 saturated heterocycles. The van der Waals surface area contributed by atoms with Crippen molar-refractivity contribution in [1.29, 1.82) is 0 Å². The lowest BCUT2D eigenvalue weighted by Crippen LogP contribution is -2.33. The number of alkyl halides is 3. The highest BCUT2D eigenvalue weighted by atomic mass is 19.4. The molecule has 1 amide bonds. The second kappa shape index (κ2) is 7.58. The largest absolute Gasteiger partial charge is 0.573 e. The standard InChI is InChI=1S/C18H13F3N4O4.CH4/c1-24-7-10(6-22-24)13-8-25(17(27)15-16(13)28-9-14(26)23-15)11-2-4-12(5-3-11)29-18(19,20)21;/h2-8H,9H2,1H3,(H,23,26);1H4. The summed E-state index contributed by atoms with van der Waals surface area (Å²) in [5, 5.41) is 6.59. The van der Waals surface area contributed by atoms with Gasteiger partial charge in [0.2, 0.25) is 0 Å². The highest BCUT2D eigenvalue weighted by Gasteiger charge is 2.31. The zero-order valence-electron chi connectivity index (χ0n) is 14.9. The molecule has 0 saturated carbocycles. The Morgan fingerprint density at radius 2 is 1.87 bits per heavy atom. The zero-order valence-corrected chi connectivity index (χ0v) is 14.9. The molecule has 0 bridgehead atoms. The number of ether oxygens (including phenoxy) is 2. The smallest absolute Gasteiger partial charge is 0.481 e. The van der Waals surface area contributed by atoms with E-state index in [0.29, 0.717) is 11.1 Å². The fourth-order valence-corrected chi connectivity index (χ4v) is 2.94. The Hall–Kier alpha value is -3.76. The number of amides is 1. The number of hydrogen-bond acceptors (Lipinski definition) is 5. The number of rotatable bonds is 3. The minimum atomic E-state index is -4.82. The molecule has 1 aliphatic rings. The molecule has 11 heteroatoms. The van der Waals surface area contributed by atoms with Gasteiger partial charge in [-0.05, 0) is 24.3 Å². The predicted molar refractivity (Wildman–Crippen MR) is 102 cm³/mol. The molecule has 30 heavy (non-hydrogen) atoms. The molecule has 0 spiro atoms. The van der Waals surface area contributed by atoms with E-state index >= 15 is 0 Å². The van der Waals surface area contributed by atoms with Gasteiger partial charge in [0.1, 0.15) is 5.75 Å². The number of halogens is 3. The molecule has 0 atom stereocenters. The molecule has 0 radical (unpaired) electrons. The van der Waals surface area contributed by atoms with Gasteiger partial charge in [0, 0.05) is 36.3 Å². The number of carbonyl (C=O) groups excluding carboxylic acids is 1. The van der Waals surface area contributed by atoms with E-state index < -0.39 is 23.6 Å². The van der Waals surface area contributed by atoms with Gasteiger partial charge in [0.05, 0.1) is 6.20 Å². The Bertz CT molecular complexity index is 1150. The van der Waals surface area contributed by atoms with E-state index in [0.717, 1.165) is 12.1 Å². The summed E-state index contributed by atoms with van der Waals surface area (Å²) >= 11 is 0. The first-order valence-corrected chi connectivity index (χ1v) is 8.29. The van der Waals surface area contributed by atoms with Crippen LogP contribution in [0.2, 0.25) is 0 Å². The molecule has 3 aromatic rings. The van der Waals surface area contributed by atoms with Gasteiger partial charge in [-0.15, -0.1) is 13.2 Å². The molecular weight excluding hydrogens is 405 g/mol. The average Bonchev–Trinajstić information content (AvgIpc) is 3.08. The van der Waals surface area contributed by atoms with Gasteiger partial charge in [-0.25, -0.2) is 0 Å². The van der Waals surface area contributed by atoms with Crippen LogP contribution in [0.4, 0.5) is 18.9 Å². The highest BCUT2D eigenvalue weighted by Crippen LogP contribution is 2.36. The van der Waals surface area contributed by atoms with E-state index in [1.165, 1.54) is 22.9 Å². The normalized spacial score (nSPS) is 13.0. The van der Waals surface area contributed by atoms with E-state index in [1.54, 1.807) is 24.1 Å². The van der Waals surface area contributed by atoms with E-state index in [9.17, 15) is 22.8 Å². The topological polar surface area (TPSA) is 87.4 Å². The molecule has 1 N–H and O–H groups in total. The van der Waals surface area contributed by atoms with Crippen LogP contribution in [-0.2, 0) is 11.8 Å². The third-order valence-electron chi connectivity index (χ3n) is 4.14. The number of nitrogens with zero attached hydrogens (tertiary/aromatic N) is 3. The number of aryl methyl sites for hydroxylation is 1. The van der Waals surface area contributed by atoms with Crippen LogP contribution in [0.3, 0.4) is 0 Å². The van der Waals surface area contributed by atoms with Crippen LogP contribution in [0.15, 0.2) is 47.7 Å². The number of fused-ring (bicyclic) bond motifs is 1. The number of carbonyl (C=O) groups is 1. The van der Waals surface area contributed by atoms with Gasteiger partial charge in [-0.3, -0.25) is 18.8 Å². The quantitative estimate of drug-likeness (QED) is 0.701. The van der Waals surface area contributed by atoms with Crippen LogP contribution >= 0.6 is 0 Å². The summed E-state index contributed by atoms with van der Waals surface area (Å²) in [4.78, 5) is 24.6. The molecule has 0 aliphatic carbocycles. The third kappa shape index (κ3) is 4.00. The summed E-state index contributed by atoms with van der Waals surface area (Å²) in [6.45, 7) is -0.243. The summed E-state index contributed by atoms with van der Waals surface area (Å²) in [5.74, 6) is -0.703. The molecule has 2 aromatic heterocycles. The molecule has 4 rings (SSSR count). The number of benzene rings is 1. The minimum absolute atomic E-state index is 0. The Balaban J connectivity index is 0.00000256. The molecule has 3 heterocycles. The molecular formula is C19H17F3N4O4. The van der Waals surface area contributed by atoms with Gasteiger partial charge < -0.3 is 14.8 Å². The van der Waals surface area contributed by atoms with Crippen LogP contribution < -0.4 is 20.3 Å². The SMILES string of the molecule is C.Cn1cc(-c2cn(-c3ccc(OC(F)(F)F)cc3)c(=O)c3c2OCC(=O)N3)cn1. The van der Waals surface area contributed by atoms with Gasteiger partial charge in [-0.1, -0.05) is 7.43 Å². The zero-order chi connectivity index (χ0) is 20.8. The fraction of sp³-hybridized carbons (Fsp3) is 0.211. The number of nitrogens with one attached hydrogen (secondary N) is 1. The summed E-state index contributed by atoms with van der Waals surface area (Å²) in [6.07, 6.45) is -0.0798. The number of hydrogen-bond donors (Lipinski definition) is 1. The maximum Gasteiger partial charge on any atom is 0.573 e. The molecule has 1 aliphatic heterocycles. The van der Waals surface area contributed by atoms with Gasteiger partial charge in [0.15, 0.2) is 18.0 Å². The van der Waals surface area contributed by atoms with Crippen LogP contribution in [-0.4, -0.2) is 33.2 Å². The van der Waals surface area contributed by atoms with E-state index in [4.69, 9.17) is 4.74 Å². The second-order valence-electron chi connectivity index (χ2n) is 6.20. The molecule has 0 fully saturated rings. The van der Waals surface area contributed by atoms with Crippen molar-refractivity contribution in [1.82, 2.24) is 14.3 Å². The van der Waals surface area contributed by atoms with Gasteiger partial charge in [0.25, 0.3) is 11.5 Å². The van der Waals surface area contributed by atoms with Gasteiger partial charge >= 0.3 is 6.36 Å². The third-order valence-corrected chi connectivity index (χ3v) is 4.14. The summed E-state index contributed by atoms with van der Waals surface area (Å²) in [7, 11) is 1.72. The lowest BCUT2D eigenvalue weighted by atomic mass is 10.1. The minimum Gasteiger partial charge on any atom is -0.481 e. The van der Waals surface area contributed by atoms with Crippen LogP contribution in [0.1, 0.15) is 7.43 Å². The predicted octanol–water partition coefficient (Wildman–Crippen LogP) is 3.10. The fourth-order valence-electron chi connectivity index (χ4n) is 2.94. The van der Waals surface area contributed by atoms with E-state index in [2.05, 4.69) is 15.2 Å². The second-order valence-corrected chi connectivity index (χ2v) is 6.20.